The Morgan fingerprint density at radius 3 is 2.55 bits per heavy atom. The van der Waals surface area contributed by atoms with Gasteiger partial charge in [0.1, 0.15) is 4.88 Å². The molecular weight excluding hydrogens is 280 g/mol. The number of esters is 1. The van der Waals surface area contributed by atoms with Crippen molar-refractivity contribution < 1.29 is 19.1 Å². The molecule has 0 aliphatic rings. The summed E-state index contributed by atoms with van der Waals surface area (Å²) >= 11 is 1.20. The Labute approximate surface area is 122 Å². The number of aromatic nitrogens is 1. The largest absolute Gasteiger partial charge is 0.461 e. The molecule has 0 N–H and O–H groups in total. The molecule has 0 bridgehead atoms. The molecule has 0 spiro atoms. The zero-order chi connectivity index (χ0) is 15.1. The molecule has 0 aliphatic heterocycles. The highest BCUT2D eigenvalue weighted by atomic mass is 32.1. The van der Waals surface area contributed by atoms with Gasteiger partial charge in [0.2, 0.25) is 0 Å². The van der Waals surface area contributed by atoms with Crippen LogP contribution in [0.5, 0.6) is 0 Å². The van der Waals surface area contributed by atoms with Crippen molar-refractivity contribution in [2.75, 3.05) is 38.3 Å². The van der Waals surface area contributed by atoms with Crippen molar-refractivity contribution in [3.8, 4) is 0 Å². The van der Waals surface area contributed by atoms with Gasteiger partial charge in [-0.25, -0.2) is 9.78 Å². The van der Waals surface area contributed by atoms with E-state index in [0.717, 1.165) is 0 Å². The minimum absolute atomic E-state index is 0.0996. The molecule has 1 rings (SSSR count). The fraction of sp³-hybridized carbons (Fsp3) is 0.615. The number of Topliss-reactive ketones (excluding diaryl/α,β-unsaturated/α-hetero) is 1. The van der Waals surface area contributed by atoms with Crippen molar-refractivity contribution >= 4 is 28.2 Å². The molecular formula is C13H20N2O4S. The number of carbonyl (C=O) groups excluding carboxylic acids is 2. The van der Waals surface area contributed by atoms with Gasteiger partial charge in [0.15, 0.2) is 16.6 Å². The average Bonchev–Trinajstić information content (AvgIpc) is 2.84. The summed E-state index contributed by atoms with van der Waals surface area (Å²) in [5.74, 6) is -0.742. The first-order chi connectivity index (χ1) is 9.51. The van der Waals surface area contributed by atoms with Gasteiger partial charge in [-0.05, 0) is 13.8 Å². The molecule has 112 valence electrons. The van der Waals surface area contributed by atoms with Crippen LogP contribution in [0.3, 0.4) is 0 Å². The van der Waals surface area contributed by atoms with Gasteiger partial charge in [-0.15, -0.1) is 0 Å². The van der Waals surface area contributed by atoms with Crippen molar-refractivity contribution in [3.05, 3.63) is 10.6 Å². The standard InChI is InChI=1S/C13H20N2O4S/c1-5-18-8-7-15(4)13-14-10(12(17)19-6-2)11(20-13)9(3)16/h5-8H2,1-4H3. The van der Waals surface area contributed by atoms with E-state index >= 15 is 0 Å². The molecule has 0 aliphatic carbocycles. The van der Waals surface area contributed by atoms with E-state index in [1.807, 2.05) is 18.9 Å². The van der Waals surface area contributed by atoms with Crippen molar-refractivity contribution in [2.24, 2.45) is 0 Å². The molecule has 0 radical (unpaired) electrons. The second-order valence-corrected chi connectivity index (χ2v) is 5.05. The maximum atomic E-state index is 11.8. The molecule has 0 saturated heterocycles. The Kier molecular flexibility index (Phi) is 6.60. The summed E-state index contributed by atoms with van der Waals surface area (Å²) in [6.45, 7) is 7.17. The number of rotatable bonds is 8. The molecule has 1 aromatic rings. The second kappa shape index (κ2) is 7.96. The molecule has 20 heavy (non-hydrogen) atoms. The van der Waals surface area contributed by atoms with Crippen molar-refractivity contribution in [1.29, 1.82) is 0 Å². The summed E-state index contributed by atoms with van der Waals surface area (Å²) in [5.41, 5.74) is 0.0996. The van der Waals surface area contributed by atoms with Gasteiger partial charge < -0.3 is 14.4 Å². The quantitative estimate of drug-likeness (QED) is 0.415. The number of likely N-dealkylation sites (N-methyl/N-ethyl adjacent to an activating group) is 1. The number of carbonyl (C=O) groups is 2. The van der Waals surface area contributed by atoms with E-state index < -0.39 is 5.97 Å². The van der Waals surface area contributed by atoms with Gasteiger partial charge in [0, 0.05) is 27.1 Å². The SMILES string of the molecule is CCOCCN(C)c1nc(C(=O)OCC)c(C(C)=O)s1. The first-order valence-corrected chi connectivity index (χ1v) is 7.30. The van der Waals surface area contributed by atoms with Gasteiger partial charge in [-0.3, -0.25) is 4.79 Å². The molecule has 0 saturated carbocycles. The monoisotopic (exact) mass is 300 g/mol. The van der Waals surface area contributed by atoms with Crippen LogP contribution in [0.25, 0.3) is 0 Å². The predicted molar refractivity (Wildman–Crippen MR) is 77.8 cm³/mol. The predicted octanol–water partition coefficient (Wildman–Crippen LogP) is 2.00. The lowest BCUT2D eigenvalue weighted by Crippen LogP contribution is -2.22. The maximum absolute atomic E-state index is 11.8. The molecule has 1 aromatic heterocycles. The third-order valence-corrected chi connectivity index (χ3v) is 3.78. The van der Waals surface area contributed by atoms with Crippen LogP contribution in [0.1, 0.15) is 40.9 Å². The van der Waals surface area contributed by atoms with E-state index in [-0.39, 0.29) is 18.1 Å². The zero-order valence-corrected chi connectivity index (χ0v) is 13.1. The highest BCUT2D eigenvalue weighted by Gasteiger charge is 2.23. The van der Waals surface area contributed by atoms with Crippen LogP contribution in [0.2, 0.25) is 0 Å². The normalized spacial score (nSPS) is 10.4. The van der Waals surface area contributed by atoms with E-state index in [4.69, 9.17) is 9.47 Å². The number of hydrogen-bond donors (Lipinski definition) is 0. The molecule has 0 fully saturated rings. The highest BCUT2D eigenvalue weighted by molar-refractivity contribution is 7.17. The molecule has 7 heteroatoms. The van der Waals surface area contributed by atoms with E-state index in [1.165, 1.54) is 18.3 Å². The van der Waals surface area contributed by atoms with E-state index in [2.05, 4.69) is 4.98 Å². The summed E-state index contributed by atoms with van der Waals surface area (Å²) < 4.78 is 10.2. The number of ether oxygens (including phenoxy) is 2. The zero-order valence-electron chi connectivity index (χ0n) is 12.3. The van der Waals surface area contributed by atoms with Crippen molar-refractivity contribution in [2.45, 2.75) is 20.8 Å². The maximum Gasteiger partial charge on any atom is 0.358 e. The van der Waals surface area contributed by atoms with E-state index in [9.17, 15) is 9.59 Å². The molecule has 0 unspecified atom stereocenters. The molecule has 6 nitrogen and oxygen atoms in total. The van der Waals surface area contributed by atoms with Gasteiger partial charge in [0.25, 0.3) is 0 Å². The van der Waals surface area contributed by atoms with Gasteiger partial charge in [-0.1, -0.05) is 11.3 Å². The summed E-state index contributed by atoms with van der Waals surface area (Å²) in [4.78, 5) is 29.8. The van der Waals surface area contributed by atoms with Crippen LogP contribution in [-0.4, -0.2) is 50.1 Å². The number of ketones is 1. The Morgan fingerprint density at radius 2 is 2.00 bits per heavy atom. The number of hydrogen-bond acceptors (Lipinski definition) is 7. The summed E-state index contributed by atoms with van der Waals surface area (Å²) in [6.07, 6.45) is 0. The summed E-state index contributed by atoms with van der Waals surface area (Å²) in [5, 5.41) is 0.609. The Balaban J connectivity index is 2.91. The van der Waals surface area contributed by atoms with Gasteiger partial charge in [-0.2, -0.15) is 0 Å². The first kappa shape index (κ1) is 16.6. The van der Waals surface area contributed by atoms with E-state index in [0.29, 0.717) is 29.8 Å². The number of anilines is 1. The molecule has 0 amide bonds. The van der Waals surface area contributed by atoms with Crippen molar-refractivity contribution in [3.63, 3.8) is 0 Å². The minimum atomic E-state index is -0.557. The summed E-state index contributed by atoms with van der Waals surface area (Å²) in [6, 6.07) is 0. The molecule has 0 aromatic carbocycles. The third-order valence-electron chi connectivity index (χ3n) is 2.51. The fourth-order valence-corrected chi connectivity index (χ4v) is 2.43. The lowest BCUT2D eigenvalue weighted by atomic mass is 10.3. The number of nitrogens with zero attached hydrogens (tertiary/aromatic N) is 2. The van der Waals surface area contributed by atoms with Gasteiger partial charge in [0.05, 0.1) is 13.2 Å². The first-order valence-electron chi connectivity index (χ1n) is 6.49. The average molecular weight is 300 g/mol. The molecule has 0 atom stereocenters. The molecule has 1 heterocycles. The number of thiazole rings is 1. The van der Waals surface area contributed by atoms with E-state index in [1.54, 1.807) is 6.92 Å². The topological polar surface area (TPSA) is 68.7 Å². The Hall–Kier alpha value is -1.47. The third kappa shape index (κ3) is 4.28. The summed E-state index contributed by atoms with van der Waals surface area (Å²) in [7, 11) is 1.84. The minimum Gasteiger partial charge on any atom is -0.461 e. The van der Waals surface area contributed by atoms with Crippen LogP contribution in [0.4, 0.5) is 5.13 Å². The fourth-order valence-electron chi connectivity index (χ4n) is 1.49. The Morgan fingerprint density at radius 1 is 1.30 bits per heavy atom. The van der Waals surface area contributed by atoms with Crippen molar-refractivity contribution in [1.82, 2.24) is 4.98 Å². The van der Waals surface area contributed by atoms with Crippen LogP contribution < -0.4 is 4.90 Å². The van der Waals surface area contributed by atoms with Crippen LogP contribution in [-0.2, 0) is 9.47 Å². The lowest BCUT2D eigenvalue weighted by Gasteiger charge is -2.14. The Bertz CT molecular complexity index is 473. The van der Waals surface area contributed by atoms with Gasteiger partial charge >= 0.3 is 5.97 Å². The van der Waals surface area contributed by atoms with Crippen LogP contribution in [0, 0.1) is 0 Å². The lowest BCUT2D eigenvalue weighted by molar-refractivity contribution is 0.0517. The van der Waals surface area contributed by atoms with Crippen LogP contribution in [0.15, 0.2) is 0 Å². The second-order valence-electron chi connectivity index (χ2n) is 4.07. The van der Waals surface area contributed by atoms with Crippen LogP contribution >= 0.6 is 11.3 Å². The smallest absolute Gasteiger partial charge is 0.358 e. The highest BCUT2D eigenvalue weighted by Crippen LogP contribution is 2.26.